The van der Waals surface area contributed by atoms with Crippen molar-refractivity contribution in [1.82, 2.24) is 4.98 Å². The molecule has 0 amide bonds. The van der Waals surface area contributed by atoms with Gasteiger partial charge in [-0.3, -0.25) is 0 Å². The summed E-state index contributed by atoms with van der Waals surface area (Å²) in [6.45, 7) is 9.28. The van der Waals surface area contributed by atoms with Crippen LogP contribution in [0.1, 0.15) is 69.7 Å². The first-order valence-corrected chi connectivity index (χ1v) is 19.3. The Morgan fingerprint density at radius 2 is 1.67 bits per heavy atom. The molecule has 0 spiro atoms. The number of thiophene rings is 1. The van der Waals surface area contributed by atoms with E-state index < -0.39 is 18.4 Å². The molecule has 0 atom stereocenters. The topological polar surface area (TPSA) is 16.1 Å². The van der Waals surface area contributed by atoms with Gasteiger partial charge in [-0.25, -0.2) is 0 Å². The molecule has 0 radical (unpaired) electrons. The maximum absolute atomic E-state index is 4.31. The number of hydrogen-bond acceptors (Lipinski definition) is 3. The number of hydrogen-bond donors (Lipinski definition) is 0. The SMILES string of the molecule is CCC[CH2][Sn]([CH2]CCC)([CH2]CCC)[c]1cc2c(s1)CN(c1cccnc1)C2. The van der Waals surface area contributed by atoms with E-state index in [2.05, 4.69) is 60.2 Å². The van der Waals surface area contributed by atoms with Gasteiger partial charge in [0.25, 0.3) is 0 Å². The van der Waals surface area contributed by atoms with Gasteiger partial charge >= 0.3 is 175 Å². The summed E-state index contributed by atoms with van der Waals surface area (Å²) in [5.41, 5.74) is 2.88. The fourth-order valence-electron chi connectivity index (χ4n) is 4.44. The van der Waals surface area contributed by atoms with E-state index in [4.69, 9.17) is 0 Å². The third kappa shape index (κ3) is 5.09. The van der Waals surface area contributed by atoms with Crippen LogP contribution < -0.4 is 7.79 Å². The summed E-state index contributed by atoms with van der Waals surface area (Å²) in [5, 5.41) is 0. The zero-order valence-corrected chi connectivity index (χ0v) is 21.1. The second-order valence-electron chi connectivity index (χ2n) is 8.22. The molecule has 2 aromatic rings. The van der Waals surface area contributed by atoms with E-state index in [1.165, 1.54) is 44.2 Å². The molecule has 3 heterocycles. The van der Waals surface area contributed by atoms with Crippen molar-refractivity contribution in [1.29, 1.82) is 0 Å². The van der Waals surface area contributed by atoms with Crippen LogP contribution in [0.5, 0.6) is 0 Å². The Kier molecular flexibility index (Phi) is 8.07. The van der Waals surface area contributed by atoms with Gasteiger partial charge < -0.3 is 0 Å². The van der Waals surface area contributed by atoms with Gasteiger partial charge in [0.1, 0.15) is 0 Å². The average Bonchev–Trinajstić information content (AvgIpc) is 3.28. The number of fused-ring (bicyclic) bond motifs is 1. The van der Waals surface area contributed by atoms with Gasteiger partial charge in [-0.2, -0.15) is 0 Å². The van der Waals surface area contributed by atoms with Crippen LogP contribution in [0.25, 0.3) is 0 Å². The molecule has 0 N–H and O–H groups in total. The summed E-state index contributed by atoms with van der Waals surface area (Å²) in [6.07, 6.45) is 12.3. The van der Waals surface area contributed by atoms with E-state index >= 15 is 0 Å². The normalized spacial score (nSPS) is 14.0. The summed E-state index contributed by atoms with van der Waals surface area (Å²) in [7, 11) is 0. The number of rotatable bonds is 11. The summed E-state index contributed by atoms with van der Waals surface area (Å²) in [4.78, 5) is 8.43. The van der Waals surface area contributed by atoms with Crippen LogP contribution in [0.3, 0.4) is 0 Å². The third-order valence-corrected chi connectivity index (χ3v) is 25.5. The second kappa shape index (κ2) is 10.3. The monoisotopic (exact) mass is 492 g/mol. The molecule has 0 aromatic carbocycles. The molecular weight excluding hydrogens is 455 g/mol. The van der Waals surface area contributed by atoms with E-state index in [0.29, 0.717) is 0 Å². The van der Waals surface area contributed by atoms with Crippen LogP contribution in [0.2, 0.25) is 13.3 Å². The molecule has 1 aliphatic heterocycles. The molecule has 0 bridgehead atoms. The number of unbranched alkanes of at least 4 members (excludes halogenated alkanes) is 3. The van der Waals surface area contributed by atoms with Gasteiger partial charge in [0.15, 0.2) is 0 Å². The second-order valence-corrected chi connectivity index (χ2v) is 23.5. The minimum atomic E-state index is -2.25. The Balaban J connectivity index is 1.82. The number of aromatic nitrogens is 1. The van der Waals surface area contributed by atoms with Crippen LogP contribution in [-0.4, -0.2) is 23.4 Å². The van der Waals surface area contributed by atoms with Crippen LogP contribution in [0, 0.1) is 0 Å². The van der Waals surface area contributed by atoms with Crippen LogP contribution >= 0.6 is 11.3 Å². The van der Waals surface area contributed by atoms with Gasteiger partial charge in [-0.15, -0.1) is 0 Å². The van der Waals surface area contributed by atoms with Crippen LogP contribution in [0.4, 0.5) is 5.69 Å². The van der Waals surface area contributed by atoms with Crippen molar-refractivity contribution in [3.8, 4) is 0 Å². The molecule has 3 rings (SSSR count). The van der Waals surface area contributed by atoms with Crippen molar-refractivity contribution in [3.63, 3.8) is 0 Å². The molecular formula is C23H36N2SSn. The first kappa shape index (κ1) is 21.2. The summed E-state index contributed by atoms with van der Waals surface area (Å²) < 4.78 is 6.64. The zero-order valence-electron chi connectivity index (χ0n) is 17.5. The van der Waals surface area contributed by atoms with Crippen molar-refractivity contribution in [3.05, 3.63) is 41.0 Å². The molecule has 2 nitrogen and oxygen atoms in total. The molecule has 2 aromatic heterocycles. The zero-order chi connectivity index (χ0) is 19.1. The Hall–Kier alpha value is -0.551. The van der Waals surface area contributed by atoms with Gasteiger partial charge in [-0.1, -0.05) is 0 Å². The number of nitrogens with zero attached hydrogens (tertiary/aromatic N) is 2. The predicted octanol–water partition coefficient (Wildman–Crippen LogP) is 6.72. The predicted molar refractivity (Wildman–Crippen MR) is 123 cm³/mol. The van der Waals surface area contributed by atoms with Crippen molar-refractivity contribution in [2.45, 2.75) is 85.7 Å². The Bertz CT molecular complexity index is 652. The Morgan fingerprint density at radius 3 is 2.19 bits per heavy atom. The molecule has 0 aliphatic carbocycles. The molecule has 0 unspecified atom stereocenters. The summed E-state index contributed by atoms with van der Waals surface area (Å²) in [6, 6.07) is 6.92. The standard InChI is InChI=1S/C11H9N2S.3C4H9.Sn/c1-2-10(6-12-4-1)13-7-9-3-5-14-11(9)8-13;3*1-3-4-2;/h1-4,6H,7-8H2;3*1,3-4H2,2H3;. The number of pyridine rings is 1. The average molecular weight is 491 g/mol. The first-order chi connectivity index (χ1) is 13.2. The molecule has 148 valence electrons. The summed E-state index contributed by atoms with van der Waals surface area (Å²) in [5.74, 6) is 0. The van der Waals surface area contributed by atoms with E-state index in [0.717, 1.165) is 13.1 Å². The summed E-state index contributed by atoms with van der Waals surface area (Å²) >= 11 is -0.0363. The molecule has 27 heavy (non-hydrogen) atoms. The quantitative estimate of drug-likeness (QED) is 0.325. The molecule has 0 saturated carbocycles. The van der Waals surface area contributed by atoms with E-state index in [1.54, 1.807) is 23.8 Å². The van der Waals surface area contributed by atoms with Gasteiger partial charge in [0, 0.05) is 0 Å². The Labute approximate surface area is 174 Å². The molecule has 4 heteroatoms. The minimum absolute atomic E-state index is 1.08. The van der Waals surface area contributed by atoms with Crippen molar-refractivity contribution in [2.24, 2.45) is 0 Å². The van der Waals surface area contributed by atoms with Gasteiger partial charge in [0.2, 0.25) is 0 Å². The number of anilines is 1. The van der Waals surface area contributed by atoms with Crippen molar-refractivity contribution >= 4 is 38.3 Å². The van der Waals surface area contributed by atoms with Crippen molar-refractivity contribution in [2.75, 3.05) is 4.90 Å². The third-order valence-electron chi connectivity index (χ3n) is 6.15. The fraction of sp³-hybridized carbons (Fsp3) is 0.609. The molecule has 1 aliphatic rings. The van der Waals surface area contributed by atoms with Gasteiger partial charge in [-0.05, 0) is 0 Å². The fourth-order valence-corrected chi connectivity index (χ4v) is 25.0. The first-order valence-electron chi connectivity index (χ1n) is 11.0. The Morgan fingerprint density at radius 1 is 1.00 bits per heavy atom. The van der Waals surface area contributed by atoms with E-state index in [1.807, 2.05) is 15.3 Å². The molecule has 0 fully saturated rings. The maximum atomic E-state index is 4.31. The van der Waals surface area contributed by atoms with E-state index in [9.17, 15) is 0 Å². The molecule has 0 saturated heterocycles. The van der Waals surface area contributed by atoms with Crippen molar-refractivity contribution < 1.29 is 0 Å². The van der Waals surface area contributed by atoms with E-state index in [-0.39, 0.29) is 0 Å². The van der Waals surface area contributed by atoms with Crippen LogP contribution in [-0.2, 0) is 13.1 Å². The van der Waals surface area contributed by atoms with Gasteiger partial charge in [0.05, 0.1) is 0 Å². The van der Waals surface area contributed by atoms with Crippen LogP contribution in [0.15, 0.2) is 30.6 Å².